The van der Waals surface area contributed by atoms with Crippen molar-refractivity contribution in [2.75, 3.05) is 13.2 Å². The third-order valence-electron chi connectivity index (χ3n) is 4.16. The van der Waals surface area contributed by atoms with Crippen LogP contribution in [0.3, 0.4) is 0 Å². The molecule has 0 heterocycles. The lowest BCUT2D eigenvalue weighted by Crippen LogP contribution is -2.59. The van der Waals surface area contributed by atoms with E-state index >= 15 is 0 Å². The molecule has 4 heteroatoms. The number of carbonyl (C=O) groups is 1. The summed E-state index contributed by atoms with van der Waals surface area (Å²) >= 11 is 0. The van der Waals surface area contributed by atoms with Crippen molar-refractivity contribution in [1.29, 1.82) is 0 Å². The van der Waals surface area contributed by atoms with Crippen molar-refractivity contribution in [2.45, 2.75) is 70.4 Å². The Morgan fingerprint density at radius 2 is 1.83 bits per heavy atom. The Bertz CT molecular complexity index is 259. The van der Waals surface area contributed by atoms with Crippen molar-refractivity contribution in [1.82, 2.24) is 4.90 Å². The van der Waals surface area contributed by atoms with Crippen molar-refractivity contribution in [3.8, 4) is 0 Å². The lowest BCUT2D eigenvalue weighted by Gasteiger charge is -2.40. The van der Waals surface area contributed by atoms with Gasteiger partial charge in [-0.2, -0.15) is 0 Å². The lowest BCUT2D eigenvalue weighted by molar-refractivity contribution is -0.141. The molecule has 106 valence electrons. The molecule has 1 aliphatic rings. The standard InChI is InChI=1S/C14H28N2O2/c1-3-12(4-2)16(10-11-17)13(18)14(15)8-6-5-7-9-14/h12,17H,3-11,15H2,1-2H3. The van der Waals surface area contributed by atoms with E-state index in [1.54, 1.807) is 0 Å². The number of nitrogens with two attached hydrogens (primary N) is 1. The minimum Gasteiger partial charge on any atom is -0.395 e. The molecule has 0 aromatic heterocycles. The summed E-state index contributed by atoms with van der Waals surface area (Å²) in [5, 5.41) is 9.17. The number of aliphatic hydroxyl groups excluding tert-OH is 1. The molecule has 4 nitrogen and oxygen atoms in total. The van der Waals surface area contributed by atoms with Gasteiger partial charge in [-0.05, 0) is 25.7 Å². The Labute approximate surface area is 111 Å². The summed E-state index contributed by atoms with van der Waals surface area (Å²) in [6, 6.07) is 0.201. The zero-order valence-corrected chi connectivity index (χ0v) is 11.8. The number of hydrogen-bond acceptors (Lipinski definition) is 3. The van der Waals surface area contributed by atoms with Crippen molar-refractivity contribution >= 4 is 5.91 Å². The largest absolute Gasteiger partial charge is 0.395 e. The van der Waals surface area contributed by atoms with Crippen LogP contribution in [0.1, 0.15) is 58.8 Å². The first-order valence-corrected chi connectivity index (χ1v) is 7.29. The van der Waals surface area contributed by atoms with Gasteiger partial charge >= 0.3 is 0 Å². The van der Waals surface area contributed by atoms with Gasteiger partial charge < -0.3 is 15.7 Å². The van der Waals surface area contributed by atoms with Crippen LogP contribution in [-0.4, -0.2) is 40.6 Å². The number of aliphatic hydroxyl groups is 1. The SMILES string of the molecule is CCC(CC)N(CCO)C(=O)C1(N)CCCCC1. The van der Waals surface area contributed by atoms with Gasteiger partial charge in [0, 0.05) is 12.6 Å². The summed E-state index contributed by atoms with van der Waals surface area (Å²) in [5.74, 6) is 0.0463. The highest BCUT2D eigenvalue weighted by Gasteiger charge is 2.39. The first-order valence-electron chi connectivity index (χ1n) is 7.29. The van der Waals surface area contributed by atoms with Crippen LogP contribution < -0.4 is 5.73 Å². The van der Waals surface area contributed by atoms with Gasteiger partial charge in [-0.1, -0.05) is 33.1 Å². The maximum absolute atomic E-state index is 12.7. The van der Waals surface area contributed by atoms with E-state index in [0.29, 0.717) is 6.54 Å². The van der Waals surface area contributed by atoms with Crippen molar-refractivity contribution in [3.05, 3.63) is 0 Å². The number of carbonyl (C=O) groups excluding carboxylic acids is 1. The molecule has 0 aromatic carbocycles. The molecule has 1 amide bonds. The van der Waals surface area contributed by atoms with Gasteiger partial charge in [0.15, 0.2) is 0 Å². The Morgan fingerprint density at radius 3 is 2.28 bits per heavy atom. The van der Waals surface area contributed by atoms with E-state index in [1.807, 2.05) is 4.90 Å². The van der Waals surface area contributed by atoms with Crippen LogP contribution in [0, 0.1) is 0 Å². The molecule has 0 atom stereocenters. The highest BCUT2D eigenvalue weighted by molar-refractivity contribution is 5.86. The normalized spacial score (nSPS) is 18.9. The third kappa shape index (κ3) is 3.45. The molecule has 0 aromatic rings. The molecule has 0 saturated heterocycles. The van der Waals surface area contributed by atoms with Crippen molar-refractivity contribution in [2.24, 2.45) is 5.73 Å². The van der Waals surface area contributed by atoms with Gasteiger partial charge in [-0.25, -0.2) is 0 Å². The topological polar surface area (TPSA) is 66.6 Å². The molecule has 0 bridgehead atoms. The van der Waals surface area contributed by atoms with E-state index < -0.39 is 5.54 Å². The molecule has 1 fully saturated rings. The molecule has 0 aliphatic heterocycles. The molecule has 0 radical (unpaired) electrons. The predicted molar refractivity (Wildman–Crippen MR) is 73.2 cm³/mol. The molecule has 3 N–H and O–H groups in total. The van der Waals surface area contributed by atoms with Crippen LogP contribution in [0.15, 0.2) is 0 Å². The van der Waals surface area contributed by atoms with Crippen molar-refractivity contribution in [3.63, 3.8) is 0 Å². The molecular formula is C14H28N2O2. The van der Waals surface area contributed by atoms with E-state index in [1.165, 1.54) is 6.42 Å². The van der Waals surface area contributed by atoms with E-state index in [-0.39, 0.29) is 18.6 Å². The number of rotatable bonds is 6. The molecule has 1 aliphatic carbocycles. The first kappa shape index (κ1) is 15.4. The number of nitrogens with zero attached hydrogens (tertiary/aromatic N) is 1. The monoisotopic (exact) mass is 256 g/mol. The van der Waals surface area contributed by atoms with E-state index in [2.05, 4.69) is 13.8 Å². The zero-order valence-electron chi connectivity index (χ0n) is 11.8. The van der Waals surface area contributed by atoms with E-state index in [0.717, 1.165) is 38.5 Å². The van der Waals surface area contributed by atoms with Gasteiger partial charge in [0.2, 0.25) is 5.91 Å². The van der Waals surface area contributed by atoms with E-state index in [9.17, 15) is 9.90 Å². The maximum atomic E-state index is 12.7. The van der Waals surface area contributed by atoms with Crippen LogP contribution in [0.2, 0.25) is 0 Å². The Balaban J connectivity index is 2.80. The summed E-state index contributed by atoms with van der Waals surface area (Å²) in [5.41, 5.74) is 5.62. The minimum atomic E-state index is -0.685. The molecule has 0 unspecified atom stereocenters. The number of amides is 1. The van der Waals surface area contributed by atoms with Crippen LogP contribution in [-0.2, 0) is 4.79 Å². The van der Waals surface area contributed by atoms with Gasteiger partial charge in [0.25, 0.3) is 0 Å². The summed E-state index contributed by atoms with van der Waals surface area (Å²) in [4.78, 5) is 14.5. The summed E-state index contributed by atoms with van der Waals surface area (Å²) in [6.45, 7) is 4.58. The van der Waals surface area contributed by atoms with Gasteiger partial charge in [0.1, 0.15) is 0 Å². The average molecular weight is 256 g/mol. The minimum absolute atomic E-state index is 0.0122. The maximum Gasteiger partial charge on any atom is 0.242 e. The quantitative estimate of drug-likeness (QED) is 0.759. The second-order valence-electron chi connectivity index (χ2n) is 5.41. The molecule has 0 spiro atoms. The molecule has 1 rings (SSSR count). The first-order chi connectivity index (χ1) is 8.59. The van der Waals surface area contributed by atoms with E-state index in [4.69, 9.17) is 5.73 Å². The van der Waals surface area contributed by atoms with Gasteiger partial charge in [0.05, 0.1) is 12.1 Å². The summed E-state index contributed by atoms with van der Waals surface area (Å²) in [6.07, 6.45) is 6.66. The molecular weight excluding hydrogens is 228 g/mol. The second kappa shape index (κ2) is 7.10. The fraction of sp³-hybridized carbons (Fsp3) is 0.929. The zero-order chi connectivity index (χ0) is 13.6. The smallest absolute Gasteiger partial charge is 0.242 e. The second-order valence-corrected chi connectivity index (χ2v) is 5.41. The van der Waals surface area contributed by atoms with Crippen LogP contribution in [0.25, 0.3) is 0 Å². The lowest BCUT2D eigenvalue weighted by atomic mass is 9.81. The highest BCUT2D eigenvalue weighted by Crippen LogP contribution is 2.28. The van der Waals surface area contributed by atoms with Crippen LogP contribution >= 0.6 is 0 Å². The summed E-state index contributed by atoms with van der Waals surface area (Å²) < 4.78 is 0. The van der Waals surface area contributed by atoms with Crippen LogP contribution in [0.4, 0.5) is 0 Å². The molecule has 1 saturated carbocycles. The highest BCUT2D eigenvalue weighted by atomic mass is 16.3. The Hall–Kier alpha value is -0.610. The molecule has 18 heavy (non-hydrogen) atoms. The third-order valence-corrected chi connectivity index (χ3v) is 4.16. The average Bonchev–Trinajstić information content (AvgIpc) is 2.39. The predicted octanol–water partition coefficient (Wildman–Crippen LogP) is 1.66. The summed E-state index contributed by atoms with van der Waals surface area (Å²) in [7, 11) is 0. The fourth-order valence-corrected chi connectivity index (χ4v) is 2.97. The van der Waals surface area contributed by atoms with Crippen molar-refractivity contribution < 1.29 is 9.90 Å². The van der Waals surface area contributed by atoms with Gasteiger partial charge in [-0.15, -0.1) is 0 Å². The number of hydrogen-bond donors (Lipinski definition) is 2. The van der Waals surface area contributed by atoms with Gasteiger partial charge in [-0.3, -0.25) is 4.79 Å². The Kier molecular flexibility index (Phi) is 6.09. The Morgan fingerprint density at radius 1 is 1.28 bits per heavy atom. The van der Waals surface area contributed by atoms with Crippen LogP contribution in [0.5, 0.6) is 0 Å². The fourth-order valence-electron chi connectivity index (χ4n) is 2.97.